The molecule has 1 amide bonds. The fourth-order valence-corrected chi connectivity index (χ4v) is 2.70. The summed E-state index contributed by atoms with van der Waals surface area (Å²) in [6.45, 7) is 2.14. The predicted molar refractivity (Wildman–Crippen MR) is 102 cm³/mol. The number of hydrogen-bond acceptors (Lipinski definition) is 5. The van der Waals surface area contributed by atoms with Crippen molar-refractivity contribution in [3.8, 4) is 0 Å². The van der Waals surface area contributed by atoms with Gasteiger partial charge >= 0.3 is 18.0 Å². The van der Waals surface area contributed by atoms with Gasteiger partial charge in [-0.2, -0.15) is 0 Å². The Kier molecular flexibility index (Phi) is 7.58. The molecule has 1 unspecified atom stereocenters. The van der Waals surface area contributed by atoms with Gasteiger partial charge in [0.15, 0.2) is 0 Å². The van der Waals surface area contributed by atoms with E-state index in [-0.39, 0.29) is 12.1 Å². The van der Waals surface area contributed by atoms with E-state index in [1.807, 2.05) is 6.07 Å². The van der Waals surface area contributed by atoms with E-state index >= 15 is 0 Å². The summed E-state index contributed by atoms with van der Waals surface area (Å²) in [5, 5.41) is 20.3. The Morgan fingerprint density at radius 3 is 2.57 bits per heavy atom. The molecule has 9 nitrogen and oxygen atoms in total. The van der Waals surface area contributed by atoms with Crippen LogP contribution in [0.3, 0.4) is 0 Å². The molecule has 9 heteroatoms. The van der Waals surface area contributed by atoms with Gasteiger partial charge in [-0.3, -0.25) is 0 Å². The average Bonchev–Trinajstić information content (AvgIpc) is 3.22. The number of carbonyl (C=O) groups is 3. The Bertz CT molecular complexity index is 844. The maximum atomic E-state index is 11.2. The summed E-state index contributed by atoms with van der Waals surface area (Å²) in [7, 11) is 1.78. The molecule has 2 aromatic rings. The van der Waals surface area contributed by atoms with Gasteiger partial charge in [-0.15, -0.1) is 0 Å². The summed E-state index contributed by atoms with van der Waals surface area (Å²) < 4.78 is 4.98. The first kappa shape index (κ1) is 21.0. The summed E-state index contributed by atoms with van der Waals surface area (Å²) in [6.07, 6.45) is 3.93. The minimum atomic E-state index is -1.26. The van der Waals surface area contributed by atoms with Crippen molar-refractivity contribution in [3.05, 3.63) is 48.2 Å². The fraction of sp³-hybridized carbons (Fsp3) is 0.316. The number of para-hydroxylation sites is 1. The predicted octanol–water partition coefficient (Wildman–Crippen LogP) is 1.46. The highest BCUT2D eigenvalue weighted by atomic mass is 16.6. The van der Waals surface area contributed by atoms with E-state index in [0.29, 0.717) is 18.8 Å². The molecule has 28 heavy (non-hydrogen) atoms. The zero-order valence-corrected chi connectivity index (χ0v) is 15.4. The number of rotatable bonds is 7. The van der Waals surface area contributed by atoms with Crippen LogP contribution in [0, 0.1) is 0 Å². The standard InChI is InChI=1S/C15H19N3O2.C4H4O4/c1-18-12(10-20-15(18)19)9-16-7-6-11-8-17-14-5-3-2-4-13(11)14;5-3(6)1-2-4(7)8/h2-5,8,12,16-17H,6-7,9-10H2,1H3;1-2H,(H,5,6)(H,7,8)/b;2-1-. The Hall–Kier alpha value is -3.33. The number of carboxylic acids is 2. The van der Waals surface area contributed by atoms with Gasteiger partial charge in [0.1, 0.15) is 6.61 Å². The van der Waals surface area contributed by atoms with Gasteiger partial charge in [-0.1, -0.05) is 18.2 Å². The number of aromatic amines is 1. The molecule has 1 saturated heterocycles. The fourth-order valence-electron chi connectivity index (χ4n) is 2.70. The number of cyclic esters (lactones) is 1. The van der Waals surface area contributed by atoms with Gasteiger partial charge in [0.25, 0.3) is 0 Å². The Labute approximate surface area is 161 Å². The van der Waals surface area contributed by atoms with Crippen molar-refractivity contribution in [1.29, 1.82) is 0 Å². The second-order valence-corrected chi connectivity index (χ2v) is 6.17. The van der Waals surface area contributed by atoms with Crippen molar-refractivity contribution in [2.24, 2.45) is 0 Å². The van der Waals surface area contributed by atoms with Crippen LogP contribution in [0.2, 0.25) is 0 Å². The normalized spacial score (nSPS) is 16.1. The van der Waals surface area contributed by atoms with Crippen LogP contribution in [0.15, 0.2) is 42.6 Å². The molecular weight excluding hydrogens is 366 g/mol. The van der Waals surface area contributed by atoms with Crippen LogP contribution >= 0.6 is 0 Å². The molecule has 4 N–H and O–H groups in total. The lowest BCUT2D eigenvalue weighted by Gasteiger charge is -2.16. The third kappa shape index (κ3) is 6.13. The highest BCUT2D eigenvalue weighted by molar-refractivity contribution is 5.89. The maximum absolute atomic E-state index is 11.2. The number of fused-ring (bicyclic) bond motifs is 1. The molecule has 3 rings (SSSR count). The lowest BCUT2D eigenvalue weighted by molar-refractivity contribution is -0.134. The van der Waals surface area contributed by atoms with Crippen LogP contribution in [0.5, 0.6) is 0 Å². The van der Waals surface area contributed by atoms with E-state index in [4.69, 9.17) is 14.9 Å². The van der Waals surface area contributed by atoms with Crippen molar-refractivity contribution in [3.63, 3.8) is 0 Å². The molecule has 0 saturated carbocycles. The zero-order chi connectivity index (χ0) is 20.5. The van der Waals surface area contributed by atoms with Crippen molar-refractivity contribution >= 4 is 28.9 Å². The number of hydrogen-bond donors (Lipinski definition) is 4. The minimum absolute atomic E-state index is 0.144. The van der Waals surface area contributed by atoms with E-state index in [2.05, 4.69) is 34.7 Å². The van der Waals surface area contributed by atoms with E-state index < -0.39 is 11.9 Å². The van der Waals surface area contributed by atoms with Crippen LogP contribution in [0.4, 0.5) is 4.79 Å². The summed E-state index contributed by atoms with van der Waals surface area (Å²) in [5.74, 6) is -2.51. The second kappa shape index (κ2) is 10.1. The first-order valence-corrected chi connectivity index (χ1v) is 8.67. The number of carboxylic acid groups (broad SMARTS) is 2. The van der Waals surface area contributed by atoms with Crippen LogP contribution in [0.1, 0.15) is 5.56 Å². The molecule has 1 aliphatic heterocycles. The molecule has 1 atom stereocenters. The number of aromatic nitrogens is 1. The smallest absolute Gasteiger partial charge is 0.409 e. The lowest BCUT2D eigenvalue weighted by atomic mass is 10.1. The Morgan fingerprint density at radius 2 is 1.96 bits per heavy atom. The van der Waals surface area contributed by atoms with Crippen molar-refractivity contribution in [2.75, 3.05) is 26.7 Å². The molecule has 0 bridgehead atoms. The number of aliphatic carboxylic acids is 2. The molecular formula is C19H23N3O6. The largest absolute Gasteiger partial charge is 0.478 e. The third-order valence-electron chi connectivity index (χ3n) is 4.23. The van der Waals surface area contributed by atoms with Gasteiger partial charge in [-0.25, -0.2) is 14.4 Å². The van der Waals surface area contributed by atoms with Crippen LogP contribution in [0.25, 0.3) is 10.9 Å². The molecule has 1 aliphatic rings. The molecule has 0 aliphatic carbocycles. The first-order chi connectivity index (χ1) is 13.4. The maximum Gasteiger partial charge on any atom is 0.409 e. The van der Waals surface area contributed by atoms with Crippen LogP contribution in [-0.4, -0.2) is 70.9 Å². The average molecular weight is 389 g/mol. The summed E-state index contributed by atoms with van der Waals surface area (Å²) in [5.41, 5.74) is 2.50. The SMILES string of the molecule is CN1C(=O)OCC1CNCCc1c[nH]c2ccccc12.O=C(O)/C=C\C(=O)O. The second-order valence-electron chi connectivity index (χ2n) is 6.17. The van der Waals surface area contributed by atoms with Crippen molar-refractivity contribution in [1.82, 2.24) is 15.2 Å². The highest BCUT2D eigenvalue weighted by Gasteiger charge is 2.28. The van der Waals surface area contributed by atoms with Gasteiger partial charge in [0, 0.05) is 42.8 Å². The van der Waals surface area contributed by atoms with E-state index in [1.165, 1.54) is 16.5 Å². The molecule has 1 aromatic carbocycles. The number of amides is 1. The van der Waals surface area contributed by atoms with Crippen LogP contribution in [-0.2, 0) is 20.7 Å². The zero-order valence-electron chi connectivity index (χ0n) is 15.4. The van der Waals surface area contributed by atoms with Gasteiger partial charge in [-0.05, 0) is 24.6 Å². The highest BCUT2D eigenvalue weighted by Crippen LogP contribution is 2.17. The molecule has 0 radical (unpaired) electrons. The number of likely N-dealkylation sites (N-methyl/N-ethyl adjacent to an activating group) is 1. The number of H-pyrrole nitrogens is 1. The molecule has 150 valence electrons. The number of benzene rings is 1. The van der Waals surface area contributed by atoms with E-state index in [0.717, 1.165) is 19.5 Å². The van der Waals surface area contributed by atoms with Crippen LogP contribution < -0.4 is 5.32 Å². The van der Waals surface area contributed by atoms with Crippen molar-refractivity contribution in [2.45, 2.75) is 12.5 Å². The van der Waals surface area contributed by atoms with Gasteiger partial charge in [0.2, 0.25) is 0 Å². The molecule has 1 fully saturated rings. The lowest BCUT2D eigenvalue weighted by Crippen LogP contribution is -2.38. The number of nitrogens with zero attached hydrogens (tertiary/aromatic N) is 1. The van der Waals surface area contributed by atoms with E-state index in [1.54, 1.807) is 11.9 Å². The summed E-state index contributed by atoms with van der Waals surface area (Å²) in [4.78, 5) is 35.3. The van der Waals surface area contributed by atoms with E-state index in [9.17, 15) is 14.4 Å². The van der Waals surface area contributed by atoms with Gasteiger partial charge in [0.05, 0.1) is 6.04 Å². The minimum Gasteiger partial charge on any atom is -0.478 e. The number of ether oxygens (including phenoxy) is 1. The number of nitrogens with one attached hydrogen (secondary N) is 2. The number of carbonyl (C=O) groups excluding carboxylic acids is 1. The Balaban J connectivity index is 0.000000300. The molecule has 0 spiro atoms. The topological polar surface area (TPSA) is 132 Å². The summed E-state index contributed by atoms with van der Waals surface area (Å²) in [6, 6.07) is 8.46. The third-order valence-corrected chi connectivity index (χ3v) is 4.23. The molecule has 2 heterocycles. The first-order valence-electron chi connectivity index (χ1n) is 8.67. The monoisotopic (exact) mass is 389 g/mol. The van der Waals surface area contributed by atoms with Gasteiger partial charge < -0.3 is 30.2 Å². The Morgan fingerprint density at radius 1 is 1.29 bits per heavy atom. The van der Waals surface area contributed by atoms with Crippen molar-refractivity contribution < 1.29 is 29.3 Å². The summed E-state index contributed by atoms with van der Waals surface area (Å²) >= 11 is 0. The molecule has 1 aromatic heterocycles. The quantitative estimate of drug-likeness (QED) is 0.416.